The fourth-order valence-corrected chi connectivity index (χ4v) is 4.59. The van der Waals surface area contributed by atoms with Crippen LogP contribution in [0.15, 0.2) is 15.9 Å². The monoisotopic (exact) mass is 330 g/mol. The number of hydrogen-bond donors (Lipinski definition) is 1. The third-order valence-electron chi connectivity index (χ3n) is 4.00. The van der Waals surface area contributed by atoms with E-state index in [4.69, 9.17) is 5.73 Å². The van der Waals surface area contributed by atoms with Gasteiger partial charge in [-0.1, -0.05) is 13.3 Å². The molecule has 0 bridgehead atoms. The molecule has 2 N–H and O–H groups in total. The molecule has 2 unspecified atom stereocenters. The summed E-state index contributed by atoms with van der Waals surface area (Å²) in [6.45, 7) is 6.82. The van der Waals surface area contributed by atoms with Crippen molar-refractivity contribution in [1.29, 1.82) is 0 Å². The first kappa shape index (κ1) is 14.5. The molecule has 102 valence electrons. The third-order valence-corrected chi connectivity index (χ3v) is 5.76. The van der Waals surface area contributed by atoms with Crippen LogP contribution < -0.4 is 5.73 Å². The summed E-state index contributed by atoms with van der Waals surface area (Å²) in [5.74, 6) is 0.921. The predicted molar refractivity (Wildman–Crippen MR) is 83.0 cm³/mol. The molecule has 1 fully saturated rings. The lowest BCUT2D eigenvalue weighted by Gasteiger charge is -2.38. The van der Waals surface area contributed by atoms with Gasteiger partial charge in [-0.3, -0.25) is 4.90 Å². The summed E-state index contributed by atoms with van der Waals surface area (Å²) in [6.07, 6.45) is 3.97. The second-order valence-electron chi connectivity index (χ2n) is 5.36. The van der Waals surface area contributed by atoms with E-state index in [1.165, 1.54) is 41.7 Å². The molecule has 1 saturated heterocycles. The lowest BCUT2D eigenvalue weighted by atomic mass is 9.92. The number of rotatable bonds is 4. The average Bonchev–Trinajstić information content (AvgIpc) is 2.76. The van der Waals surface area contributed by atoms with Crippen LogP contribution in [0.2, 0.25) is 0 Å². The molecule has 0 radical (unpaired) electrons. The van der Waals surface area contributed by atoms with Crippen molar-refractivity contribution in [3.05, 3.63) is 20.8 Å². The molecule has 2 atom stereocenters. The molecule has 4 heteroatoms. The molecule has 18 heavy (non-hydrogen) atoms. The molecule has 0 amide bonds. The fourth-order valence-electron chi connectivity index (χ4n) is 2.89. The van der Waals surface area contributed by atoms with Crippen LogP contribution in [0.5, 0.6) is 0 Å². The van der Waals surface area contributed by atoms with Crippen LogP contribution in [0.1, 0.15) is 44.0 Å². The van der Waals surface area contributed by atoms with Crippen LogP contribution in [-0.4, -0.2) is 24.0 Å². The highest BCUT2D eigenvalue weighted by molar-refractivity contribution is 9.10. The summed E-state index contributed by atoms with van der Waals surface area (Å²) in [5, 5.41) is 2.16. The number of thiophene rings is 1. The van der Waals surface area contributed by atoms with E-state index < -0.39 is 0 Å². The first-order valence-corrected chi connectivity index (χ1v) is 8.52. The molecular formula is C14H23BrN2S. The van der Waals surface area contributed by atoms with Gasteiger partial charge in [-0.25, -0.2) is 0 Å². The number of piperidine rings is 1. The predicted octanol–water partition coefficient (Wildman–Crippen LogP) is 4.02. The Balaban J connectivity index is 2.07. The maximum absolute atomic E-state index is 6.23. The van der Waals surface area contributed by atoms with Crippen molar-refractivity contribution in [3.8, 4) is 0 Å². The van der Waals surface area contributed by atoms with Crippen LogP contribution in [0.25, 0.3) is 0 Å². The Morgan fingerprint density at radius 3 is 2.61 bits per heavy atom. The molecule has 0 saturated carbocycles. The summed E-state index contributed by atoms with van der Waals surface area (Å²) in [7, 11) is 0. The van der Waals surface area contributed by atoms with E-state index in [1.807, 2.05) is 11.3 Å². The summed E-state index contributed by atoms with van der Waals surface area (Å²) >= 11 is 5.36. The minimum Gasteiger partial charge on any atom is -0.326 e. The zero-order valence-electron chi connectivity index (χ0n) is 11.2. The normalized spacial score (nSPS) is 22.0. The molecule has 1 aromatic heterocycles. The molecule has 2 nitrogen and oxygen atoms in total. The Hall–Kier alpha value is 0.1000. The van der Waals surface area contributed by atoms with Gasteiger partial charge >= 0.3 is 0 Å². The van der Waals surface area contributed by atoms with E-state index in [9.17, 15) is 0 Å². The van der Waals surface area contributed by atoms with Crippen molar-refractivity contribution in [3.63, 3.8) is 0 Å². The number of halogens is 1. The molecule has 2 heterocycles. The molecular weight excluding hydrogens is 308 g/mol. The van der Waals surface area contributed by atoms with Crippen molar-refractivity contribution >= 4 is 27.3 Å². The molecule has 1 aliphatic heterocycles. The zero-order valence-corrected chi connectivity index (χ0v) is 13.6. The van der Waals surface area contributed by atoms with Crippen molar-refractivity contribution in [1.82, 2.24) is 4.90 Å². The van der Waals surface area contributed by atoms with Crippen molar-refractivity contribution < 1.29 is 0 Å². The minimum absolute atomic E-state index is 0.189. The van der Waals surface area contributed by atoms with Gasteiger partial charge in [-0.15, -0.1) is 11.3 Å². The Labute approximate surface area is 123 Å². The van der Waals surface area contributed by atoms with E-state index in [0.29, 0.717) is 6.04 Å². The summed E-state index contributed by atoms with van der Waals surface area (Å²) in [6, 6.07) is 2.80. The van der Waals surface area contributed by atoms with Gasteiger partial charge in [0.25, 0.3) is 0 Å². The maximum atomic E-state index is 6.23. The number of nitrogens with zero attached hydrogens (tertiary/aromatic N) is 1. The average molecular weight is 331 g/mol. The van der Waals surface area contributed by atoms with Crippen molar-refractivity contribution in [2.75, 3.05) is 13.1 Å². The smallest absolute Gasteiger partial charge is 0.0591 e. The highest BCUT2D eigenvalue weighted by atomic mass is 79.9. The van der Waals surface area contributed by atoms with Gasteiger partial charge in [-0.05, 0) is 60.8 Å². The van der Waals surface area contributed by atoms with Crippen LogP contribution in [-0.2, 0) is 0 Å². The van der Waals surface area contributed by atoms with E-state index in [-0.39, 0.29) is 6.04 Å². The molecule has 0 spiro atoms. The Morgan fingerprint density at radius 2 is 2.17 bits per heavy atom. The molecule has 1 aromatic rings. The summed E-state index contributed by atoms with van der Waals surface area (Å²) in [5.41, 5.74) is 6.23. The van der Waals surface area contributed by atoms with E-state index >= 15 is 0 Å². The number of hydrogen-bond acceptors (Lipinski definition) is 3. The molecule has 1 aliphatic rings. The standard InChI is InChI=1S/C14H23BrN2S/c1-3-11-4-6-17(7-5-11)14(10(2)16)13-8-12(15)9-18-13/h8-11,14H,3-7,16H2,1-2H3. The van der Waals surface area contributed by atoms with Crippen LogP contribution in [0.3, 0.4) is 0 Å². The van der Waals surface area contributed by atoms with Crippen LogP contribution in [0, 0.1) is 5.92 Å². The lowest BCUT2D eigenvalue weighted by Crippen LogP contribution is -2.43. The van der Waals surface area contributed by atoms with Gasteiger partial charge in [-0.2, -0.15) is 0 Å². The highest BCUT2D eigenvalue weighted by Crippen LogP contribution is 2.34. The Kier molecular flexibility index (Phi) is 5.24. The first-order valence-electron chi connectivity index (χ1n) is 6.85. The van der Waals surface area contributed by atoms with Crippen LogP contribution >= 0.6 is 27.3 Å². The van der Waals surface area contributed by atoms with E-state index in [0.717, 1.165) is 5.92 Å². The zero-order chi connectivity index (χ0) is 13.1. The second-order valence-corrected chi connectivity index (χ2v) is 7.22. The van der Waals surface area contributed by atoms with Crippen molar-refractivity contribution in [2.24, 2.45) is 11.7 Å². The van der Waals surface area contributed by atoms with Gasteiger partial charge in [0, 0.05) is 20.8 Å². The van der Waals surface area contributed by atoms with Gasteiger partial charge in [0.2, 0.25) is 0 Å². The van der Waals surface area contributed by atoms with Gasteiger partial charge < -0.3 is 5.73 Å². The third kappa shape index (κ3) is 3.35. The van der Waals surface area contributed by atoms with Gasteiger partial charge in [0.15, 0.2) is 0 Å². The largest absolute Gasteiger partial charge is 0.326 e. The molecule has 2 rings (SSSR count). The van der Waals surface area contributed by atoms with E-state index in [1.54, 1.807) is 0 Å². The quantitative estimate of drug-likeness (QED) is 0.903. The molecule has 0 aromatic carbocycles. The summed E-state index contributed by atoms with van der Waals surface area (Å²) < 4.78 is 1.18. The minimum atomic E-state index is 0.189. The van der Waals surface area contributed by atoms with Crippen LogP contribution in [0.4, 0.5) is 0 Å². The van der Waals surface area contributed by atoms with E-state index in [2.05, 4.69) is 46.1 Å². The number of likely N-dealkylation sites (tertiary alicyclic amines) is 1. The fraction of sp³-hybridized carbons (Fsp3) is 0.714. The summed E-state index contributed by atoms with van der Waals surface area (Å²) in [4.78, 5) is 3.97. The highest BCUT2D eigenvalue weighted by Gasteiger charge is 2.28. The van der Waals surface area contributed by atoms with Gasteiger partial charge in [0.05, 0.1) is 6.04 Å². The Bertz CT molecular complexity index is 370. The maximum Gasteiger partial charge on any atom is 0.0591 e. The first-order chi connectivity index (χ1) is 8.61. The van der Waals surface area contributed by atoms with Gasteiger partial charge in [0.1, 0.15) is 0 Å². The lowest BCUT2D eigenvalue weighted by molar-refractivity contribution is 0.119. The SMILES string of the molecule is CCC1CCN(C(c2cc(Br)cs2)C(C)N)CC1. The number of nitrogens with two attached hydrogens (primary N) is 1. The van der Waals surface area contributed by atoms with Crippen molar-refractivity contribution in [2.45, 2.75) is 45.2 Å². The Morgan fingerprint density at radius 1 is 1.50 bits per heavy atom. The molecule has 0 aliphatic carbocycles. The second kappa shape index (κ2) is 6.51. The topological polar surface area (TPSA) is 29.3 Å².